The molecule has 7 heteroatoms. The molecule has 22 heavy (non-hydrogen) atoms. The summed E-state index contributed by atoms with van der Waals surface area (Å²) in [6.45, 7) is 6.78. The second-order valence-electron chi connectivity index (χ2n) is 5.40. The molecule has 1 amide bonds. The first kappa shape index (κ1) is 16.2. The van der Waals surface area contributed by atoms with Crippen LogP contribution in [0, 0.1) is 6.92 Å². The summed E-state index contributed by atoms with van der Waals surface area (Å²) in [6.07, 6.45) is 2.71. The van der Waals surface area contributed by atoms with Gasteiger partial charge in [-0.3, -0.25) is 14.0 Å². The van der Waals surface area contributed by atoms with Crippen molar-refractivity contribution < 1.29 is 9.53 Å². The summed E-state index contributed by atoms with van der Waals surface area (Å²) in [7, 11) is 0. The van der Waals surface area contributed by atoms with Crippen LogP contribution < -0.4 is 10.9 Å². The summed E-state index contributed by atoms with van der Waals surface area (Å²) in [5.74, 6) is 0.437. The molecule has 0 aliphatic heterocycles. The van der Waals surface area contributed by atoms with Gasteiger partial charge in [-0.1, -0.05) is 0 Å². The number of aromatic nitrogens is 3. The van der Waals surface area contributed by atoms with Crippen molar-refractivity contribution in [3.05, 3.63) is 34.5 Å². The SMILES string of the molecule is Cc1nn(CC(=O)NCCCOC(C)C)c(=O)c2cccn12. The molecule has 2 rings (SSSR count). The number of fused-ring (bicyclic) bond motifs is 1. The smallest absolute Gasteiger partial charge is 0.291 e. The Hall–Kier alpha value is -2.15. The molecule has 7 nitrogen and oxygen atoms in total. The van der Waals surface area contributed by atoms with Gasteiger partial charge in [0.2, 0.25) is 5.91 Å². The van der Waals surface area contributed by atoms with Crippen LogP contribution in [0.3, 0.4) is 0 Å². The first-order valence-corrected chi connectivity index (χ1v) is 7.42. The van der Waals surface area contributed by atoms with Crippen LogP contribution in [0.2, 0.25) is 0 Å². The number of amides is 1. The van der Waals surface area contributed by atoms with E-state index in [0.29, 0.717) is 24.5 Å². The number of carbonyl (C=O) groups is 1. The number of carbonyl (C=O) groups excluding carboxylic acids is 1. The lowest BCUT2D eigenvalue weighted by atomic mass is 10.4. The second-order valence-corrected chi connectivity index (χ2v) is 5.40. The summed E-state index contributed by atoms with van der Waals surface area (Å²) >= 11 is 0. The fourth-order valence-electron chi connectivity index (χ4n) is 2.16. The normalized spacial score (nSPS) is 11.3. The summed E-state index contributed by atoms with van der Waals surface area (Å²) < 4.78 is 8.30. The molecular formula is C15H22N4O3. The van der Waals surface area contributed by atoms with Gasteiger partial charge in [0.1, 0.15) is 17.9 Å². The number of rotatable bonds is 7. The fourth-order valence-corrected chi connectivity index (χ4v) is 2.16. The van der Waals surface area contributed by atoms with Gasteiger partial charge in [-0.15, -0.1) is 0 Å². The molecule has 120 valence electrons. The molecule has 0 unspecified atom stereocenters. The quantitative estimate of drug-likeness (QED) is 0.765. The lowest BCUT2D eigenvalue weighted by molar-refractivity contribution is -0.121. The van der Waals surface area contributed by atoms with Crippen molar-refractivity contribution >= 4 is 11.4 Å². The van der Waals surface area contributed by atoms with E-state index >= 15 is 0 Å². The predicted molar refractivity (Wildman–Crippen MR) is 82.9 cm³/mol. The molecule has 0 aromatic carbocycles. The standard InChI is InChI=1S/C15H22N4O3/c1-11(2)22-9-5-7-16-14(20)10-19-15(21)13-6-4-8-18(13)12(3)17-19/h4,6,8,11H,5,7,9-10H2,1-3H3,(H,16,20). The Balaban J connectivity index is 1.92. The molecule has 0 aliphatic rings. The van der Waals surface area contributed by atoms with E-state index in [1.807, 2.05) is 13.8 Å². The van der Waals surface area contributed by atoms with Crippen molar-refractivity contribution in [3.8, 4) is 0 Å². The molecule has 1 N–H and O–H groups in total. The van der Waals surface area contributed by atoms with Gasteiger partial charge in [0, 0.05) is 19.3 Å². The number of hydrogen-bond acceptors (Lipinski definition) is 4. The highest BCUT2D eigenvalue weighted by molar-refractivity contribution is 5.75. The zero-order valence-electron chi connectivity index (χ0n) is 13.2. The first-order valence-electron chi connectivity index (χ1n) is 7.42. The Kier molecular flexibility index (Phi) is 5.32. The Morgan fingerprint density at radius 1 is 1.45 bits per heavy atom. The monoisotopic (exact) mass is 306 g/mol. The highest BCUT2D eigenvalue weighted by Crippen LogP contribution is 2.00. The molecule has 0 spiro atoms. The van der Waals surface area contributed by atoms with Crippen molar-refractivity contribution in [2.24, 2.45) is 0 Å². The number of nitrogens with one attached hydrogen (secondary N) is 1. The molecule has 0 saturated carbocycles. The van der Waals surface area contributed by atoms with Crippen molar-refractivity contribution in [1.29, 1.82) is 0 Å². The van der Waals surface area contributed by atoms with Gasteiger partial charge < -0.3 is 10.1 Å². The van der Waals surface area contributed by atoms with Crippen LogP contribution in [0.5, 0.6) is 0 Å². The summed E-state index contributed by atoms with van der Waals surface area (Å²) in [5.41, 5.74) is 0.250. The van der Waals surface area contributed by atoms with Crippen LogP contribution in [-0.2, 0) is 16.1 Å². The fraction of sp³-hybridized carbons (Fsp3) is 0.533. The van der Waals surface area contributed by atoms with Gasteiger partial charge in [-0.25, -0.2) is 4.68 Å². The largest absolute Gasteiger partial charge is 0.379 e. The maximum Gasteiger partial charge on any atom is 0.291 e. The third-order valence-electron chi connectivity index (χ3n) is 3.20. The van der Waals surface area contributed by atoms with E-state index in [-0.39, 0.29) is 24.1 Å². The topological polar surface area (TPSA) is 77.6 Å². The molecule has 0 atom stereocenters. The predicted octanol–water partition coefficient (Wildman–Crippen LogP) is 0.736. The van der Waals surface area contributed by atoms with E-state index in [2.05, 4.69) is 10.4 Å². The Morgan fingerprint density at radius 3 is 2.95 bits per heavy atom. The van der Waals surface area contributed by atoms with Crippen molar-refractivity contribution in [1.82, 2.24) is 19.5 Å². The van der Waals surface area contributed by atoms with E-state index in [0.717, 1.165) is 6.42 Å². The highest BCUT2D eigenvalue weighted by atomic mass is 16.5. The lowest BCUT2D eigenvalue weighted by Crippen LogP contribution is -2.35. The molecule has 0 fully saturated rings. The zero-order chi connectivity index (χ0) is 16.1. The average molecular weight is 306 g/mol. The van der Waals surface area contributed by atoms with E-state index in [1.165, 1.54) is 4.68 Å². The molecule has 2 aromatic rings. The van der Waals surface area contributed by atoms with Gasteiger partial charge in [0.15, 0.2) is 0 Å². The number of ether oxygens (including phenoxy) is 1. The highest BCUT2D eigenvalue weighted by Gasteiger charge is 2.10. The summed E-state index contributed by atoms with van der Waals surface area (Å²) in [5, 5.41) is 6.93. The summed E-state index contributed by atoms with van der Waals surface area (Å²) in [6, 6.07) is 3.50. The van der Waals surface area contributed by atoms with Gasteiger partial charge >= 0.3 is 0 Å². The molecule has 0 radical (unpaired) electrons. The van der Waals surface area contributed by atoms with Crippen molar-refractivity contribution in [2.75, 3.05) is 13.2 Å². The van der Waals surface area contributed by atoms with Crippen molar-refractivity contribution in [2.45, 2.75) is 39.8 Å². The number of hydrogen-bond donors (Lipinski definition) is 1. The Labute approximate surface area is 128 Å². The van der Waals surface area contributed by atoms with Crippen LogP contribution in [-0.4, -0.2) is 39.3 Å². The molecule has 2 aromatic heterocycles. The van der Waals surface area contributed by atoms with E-state index in [9.17, 15) is 9.59 Å². The van der Waals surface area contributed by atoms with Gasteiger partial charge in [0.25, 0.3) is 5.56 Å². The Bertz CT molecular complexity index is 702. The van der Waals surface area contributed by atoms with Crippen LogP contribution in [0.15, 0.2) is 23.1 Å². The maximum absolute atomic E-state index is 12.2. The molecule has 0 saturated heterocycles. The van der Waals surface area contributed by atoms with E-state index < -0.39 is 0 Å². The third-order valence-corrected chi connectivity index (χ3v) is 3.20. The average Bonchev–Trinajstić information content (AvgIpc) is 2.94. The van der Waals surface area contributed by atoms with Gasteiger partial charge in [0.05, 0.1) is 6.10 Å². The minimum absolute atomic E-state index is 0.0770. The lowest BCUT2D eigenvalue weighted by Gasteiger charge is -2.10. The third kappa shape index (κ3) is 3.94. The minimum Gasteiger partial charge on any atom is -0.379 e. The molecule has 0 aliphatic carbocycles. The van der Waals surface area contributed by atoms with Crippen LogP contribution in [0.4, 0.5) is 0 Å². The minimum atomic E-state index is -0.270. The maximum atomic E-state index is 12.2. The molecular weight excluding hydrogens is 284 g/mol. The first-order chi connectivity index (χ1) is 10.5. The van der Waals surface area contributed by atoms with E-state index in [1.54, 1.807) is 29.7 Å². The van der Waals surface area contributed by atoms with Gasteiger partial charge in [-0.05, 0) is 39.3 Å². The molecule has 2 heterocycles. The van der Waals surface area contributed by atoms with Crippen LogP contribution in [0.25, 0.3) is 5.52 Å². The summed E-state index contributed by atoms with van der Waals surface area (Å²) in [4.78, 5) is 24.1. The number of aryl methyl sites for hydroxylation is 1. The zero-order valence-corrected chi connectivity index (χ0v) is 13.2. The van der Waals surface area contributed by atoms with Crippen LogP contribution >= 0.6 is 0 Å². The Morgan fingerprint density at radius 2 is 2.23 bits per heavy atom. The van der Waals surface area contributed by atoms with E-state index in [4.69, 9.17) is 4.74 Å². The van der Waals surface area contributed by atoms with Gasteiger partial charge in [-0.2, -0.15) is 5.10 Å². The van der Waals surface area contributed by atoms with Crippen molar-refractivity contribution in [3.63, 3.8) is 0 Å². The number of nitrogens with zero attached hydrogens (tertiary/aromatic N) is 3. The molecule has 0 bridgehead atoms. The van der Waals surface area contributed by atoms with Crippen LogP contribution in [0.1, 0.15) is 26.1 Å². The second kappa shape index (κ2) is 7.22.